The van der Waals surface area contributed by atoms with E-state index >= 15 is 0 Å². The van der Waals surface area contributed by atoms with Crippen LogP contribution in [0.2, 0.25) is 0 Å². The summed E-state index contributed by atoms with van der Waals surface area (Å²) in [5.74, 6) is 0.922. The van der Waals surface area contributed by atoms with E-state index in [-0.39, 0.29) is 0 Å². The fourth-order valence-corrected chi connectivity index (χ4v) is 4.56. The summed E-state index contributed by atoms with van der Waals surface area (Å²) in [7, 11) is -0.322. The van der Waals surface area contributed by atoms with Gasteiger partial charge in [0.05, 0.1) is 18.0 Å². The lowest BCUT2D eigenvalue weighted by atomic mass is 9.87. The molecule has 1 N–H and O–H groups in total. The minimum atomic E-state index is -3.39. The van der Waals surface area contributed by atoms with Crippen molar-refractivity contribution >= 4 is 16.0 Å². The molecule has 1 aromatic carbocycles. The van der Waals surface area contributed by atoms with Crippen LogP contribution in [-0.4, -0.2) is 70.5 Å². The summed E-state index contributed by atoms with van der Waals surface area (Å²) in [5, 5.41) is 3.38. The van der Waals surface area contributed by atoms with E-state index in [1.165, 1.54) is 18.4 Å². The number of hydrogen-bond acceptors (Lipinski definition) is 4. The van der Waals surface area contributed by atoms with E-state index < -0.39 is 10.0 Å². The van der Waals surface area contributed by atoms with Crippen LogP contribution in [0.15, 0.2) is 34.2 Å². The van der Waals surface area contributed by atoms with E-state index in [9.17, 15) is 8.42 Å². The van der Waals surface area contributed by atoms with Gasteiger partial charge in [-0.3, -0.25) is 0 Å². The average molecular weight is 395 g/mol. The molecule has 2 fully saturated rings. The molecule has 1 aromatic rings. The van der Waals surface area contributed by atoms with Gasteiger partial charge in [0.1, 0.15) is 0 Å². The summed E-state index contributed by atoms with van der Waals surface area (Å²) in [6, 6.07) is 6.96. The lowest BCUT2D eigenvalue weighted by molar-refractivity contribution is 0.156. The van der Waals surface area contributed by atoms with Gasteiger partial charge in [-0.1, -0.05) is 12.1 Å². The number of nitrogens with one attached hydrogen (secondary N) is 1. The van der Waals surface area contributed by atoms with E-state index in [0.29, 0.717) is 16.9 Å². The van der Waals surface area contributed by atoms with Gasteiger partial charge < -0.3 is 15.0 Å². The molecule has 0 aromatic heterocycles. The molecule has 2 aliphatic heterocycles. The van der Waals surface area contributed by atoms with Crippen LogP contribution in [0.1, 0.15) is 25.3 Å². The van der Waals surface area contributed by atoms with Crippen LogP contribution in [0.4, 0.5) is 0 Å². The fourth-order valence-electron chi connectivity index (χ4n) is 3.66. The highest BCUT2D eigenvalue weighted by Gasteiger charge is 2.42. The molecule has 0 aliphatic carbocycles. The largest absolute Gasteiger partial charge is 0.381 e. The van der Waals surface area contributed by atoms with Gasteiger partial charge in [-0.15, -0.1) is 0 Å². The van der Waals surface area contributed by atoms with Gasteiger partial charge >= 0.3 is 0 Å². The highest BCUT2D eigenvalue weighted by Crippen LogP contribution is 2.38. The van der Waals surface area contributed by atoms with Gasteiger partial charge in [0, 0.05) is 45.8 Å². The molecule has 1 atom stereocenters. The molecule has 3 rings (SSSR count). The number of aliphatic imine (C=N–C) groups is 1. The van der Waals surface area contributed by atoms with Crippen LogP contribution < -0.4 is 5.32 Å². The van der Waals surface area contributed by atoms with Gasteiger partial charge in [0.2, 0.25) is 10.0 Å². The maximum atomic E-state index is 12.2. The second kappa shape index (κ2) is 8.16. The summed E-state index contributed by atoms with van der Waals surface area (Å²) in [4.78, 5) is 7.40. The van der Waals surface area contributed by atoms with Gasteiger partial charge in [-0.25, -0.2) is 17.7 Å². The SMILES string of the molecule is CCNC(=NCc1ccc(S(=O)(=O)N(C)C)cc1)N1CCC2(CCOC2)C1. The third kappa shape index (κ3) is 4.44. The molecule has 8 heteroatoms. The fraction of sp³-hybridized carbons (Fsp3) is 0.632. The Morgan fingerprint density at radius 3 is 2.63 bits per heavy atom. The Kier molecular flexibility index (Phi) is 6.08. The standard InChI is InChI=1S/C19H30N4O3S/c1-4-20-18(23-11-9-19(14-23)10-12-26-15-19)21-13-16-5-7-17(8-6-16)27(24,25)22(2)3/h5-8H,4,9-15H2,1-3H3,(H,20,21). The molecule has 27 heavy (non-hydrogen) atoms. The first-order valence-corrected chi connectivity index (χ1v) is 10.9. The molecule has 2 heterocycles. The second-order valence-electron chi connectivity index (χ2n) is 7.58. The van der Waals surface area contributed by atoms with Crippen molar-refractivity contribution in [2.24, 2.45) is 10.4 Å². The van der Waals surface area contributed by atoms with Gasteiger partial charge in [-0.2, -0.15) is 0 Å². The Labute approximate surface area is 162 Å². The number of guanidine groups is 1. The first-order valence-electron chi connectivity index (χ1n) is 9.49. The number of likely N-dealkylation sites (tertiary alicyclic amines) is 1. The number of rotatable bonds is 5. The highest BCUT2D eigenvalue weighted by molar-refractivity contribution is 7.89. The van der Waals surface area contributed by atoms with Crippen molar-refractivity contribution in [3.05, 3.63) is 29.8 Å². The zero-order valence-corrected chi connectivity index (χ0v) is 17.3. The summed E-state index contributed by atoms with van der Waals surface area (Å²) in [5.41, 5.74) is 1.28. The summed E-state index contributed by atoms with van der Waals surface area (Å²) in [6.45, 7) is 7.10. The molecule has 1 spiro atoms. The highest BCUT2D eigenvalue weighted by atomic mass is 32.2. The first-order chi connectivity index (χ1) is 12.9. The van der Waals surface area contributed by atoms with Gasteiger partial charge in [-0.05, 0) is 37.5 Å². The van der Waals surface area contributed by atoms with Crippen molar-refractivity contribution in [3.63, 3.8) is 0 Å². The predicted molar refractivity (Wildman–Crippen MR) is 106 cm³/mol. The van der Waals surface area contributed by atoms with Crippen molar-refractivity contribution < 1.29 is 13.2 Å². The summed E-state index contributed by atoms with van der Waals surface area (Å²) in [6.07, 6.45) is 2.28. The molecule has 0 saturated carbocycles. The van der Waals surface area contributed by atoms with Crippen LogP contribution >= 0.6 is 0 Å². The average Bonchev–Trinajstić information content (AvgIpc) is 3.29. The number of benzene rings is 1. The molecule has 2 saturated heterocycles. The monoisotopic (exact) mass is 394 g/mol. The molecule has 1 unspecified atom stereocenters. The number of ether oxygens (including phenoxy) is 1. The molecular formula is C19H30N4O3S. The number of nitrogens with zero attached hydrogens (tertiary/aromatic N) is 3. The predicted octanol–water partition coefficient (Wildman–Crippen LogP) is 1.51. The third-order valence-corrected chi connectivity index (χ3v) is 7.20. The second-order valence-corrected chi connectivity index (χ2v) is 9.73. The topological polar surface area (TPSA) is 74.2 Å². The van der Waals surface area contributed by atoms with E-state index in [1.807, 2.05) is 12.1 Å². The van der Waals surface area contributed by atoms with Crippen molar-refractivity contribution in [1.82, 2.24) is 14.5 Å². The lowest BCUT2D eigenvalue weighted by Crippen LogP contribution is -2.41. The quantitative estimate of drug-likeness (QED) is 0.605. The van der Waals surface area contributed by atoms with Crippen molar-refractivity contribution in [2.75, 3.05) is 46.9 Å². The van der Waals surface area contributed by atoms with Crippen LogP contribution in [0, 0.1) is 5.41 Å². The van der Waals surface area contributed by atoms with E-state index in [4.69, 9.17) is 9.73 Å². The lowest BCUT2D eigenvalue weighted by Gasteiger charge is -2.25. The molecular weight excluding hydrogens is 364 g/mol. The zero-order chi connectivity index (χ0) is 19.5. The van der Waals surface area contributed by atoms with E-state index in [2.05, 4.69) is 17.1 Å². The Morgan fingerprint density at radius 2 is 2.04 bits per heavy atom. The van der Waals surface area contributed by atoms with E-state index in [1.54, 1.807) is 12.1 Å². The van der Waals surface area contributed by atoms with Crippen LogP contribution in [-0.2, 0) is 21.3 Å². The summed E-state index contributed by atoms with van der Waals surface area (Å²) < 4.78 is 31.2. The molecule has 0 amide bonds. The molecule has 0 bridgehead atoms. The maximum absolute atomic E-state index is 12.2. The number of hydrogen-bond donors (Lipinski definition) is 1. The molecule has 0 radical (unpaired) electrons. The van der Waals surface area contributed by atoms with Crippen molar-refractivity contribution in [1.29, 1.82) is 0 Å². The third-order valence-electron chi connectivity index (χ3n) is 5.37. The van der Waals surface area contributed by atoms with Crippen molar-refractivity contribution in [3.8, 4) is 0 Å². The van der Waals surface area contributed by atoms with E-state index in [0.717, 1.165) is 57.2 Å². The molecule has 2 aliphatic rings. The number of sulfonamides is 1. The Morgan fingerprint density at radius 1 is 1.30 bits per heavy atom. The minimum absolute atomic E-state index is 0.290. The van der Waals surface area contributed by atoms with Crippen LogP contribution in [0.5, 0.6) is 0 Å². The summed E-state index contributed by atoms with van der Waals surface area (Å²) >= 11 is 0. The van der Waals surface area contributed by atoms with Crippen molar-refractivity contribution in [2.45, 2.75) is 31.2 Å². The Bertz CT molecular complexity index is 769. The minimum Gasteiger partial charge on any atom is -0.381 e. The maximum Gasteiger partial charge on any atom is 0.242 e. The molecule has 150 valence electrons. The van der Waals surface area contributed by atoms with Crippen LogP contribution in [0.3, 0.4) is 0 Å². The van der Waals surface area contributed by atoms with Gasteiger partial charge in [0.25, 0.3) is 0 Å². The first kappa shape index (κ1) is 20.1. The smallest absolute Gasteiger partial charge is 0.242 e. The van der Waals surface area contributed by atoms with Crippen LogP contribution in [0.25, 0.3) is 0 Å². The Hall–Kier alpha value is -1.64. The Balaban J connectivity index is 1.68. The van der Waals surface area contributed by atoms with Gasteiger partial charge in [0.15, 0.2) is 5.96 Å². The zero-order valence-electron chi connectivity index (χ0n) is 16.4. The normalized spacial score (nSPS) is 23.6. The molecule has 7 nitrogen and oxygen atoms in total.